The van der Waals surface area contributed by atoms with Gasteiger partial charge in [0.15, 0.2) is 0 Å². The standard InChI is InChI=1S/C16H13N3O4/c20-15-13(10-11-6-4-5-9-14(11)19(22)23)16(21)18(17-15)12-7-2-1-3-8-12/h1-9,13H,10H2,(H,17,20). The molecule has 1 heterocycles. The van der Waals surface area contributed by atoms with Crippen LogP contribution in [0.3, 0.4) is 0 Å². The van der Waals surface area contributed by atoms with Gasteiger partial charge in [-0.25, -0.2) is 5.01 Å². The molecule has 1 fully saturated rings. The minimum Gasteiger partial charge on any atom is -0.272 e. The molecule has 0 saturated carbocycles. The molecule has 116 valence electrons. The maximum atomic E-state index is 12.5. The highest BCUT2D eigenvalue weighted by molar-refractivity contribution is 6.14. The lowest BCUT2D eigenvalue weighted by molar-refractivity contribution is -0.385. The van der Waals surface area contributed by atoms with E-state index >= 15 is 0 Å². The lowest BCUT2D eigenvalue weighted by Crippen LogP contribution is -2.35. The number of benzene rings is 2. The molecule has 2 aromatic rings. The average Bonchev–Trinajstić information content (AvgIpc) is 2.84. The summed E-state index contributed by atoms with van der Waals surface area (Å²) in [6.07, 6.45) is -0.00878. The van der Waals surface area contributed by atoms with Crippen molar-refractivity contribution in [2.24, 2.45) is 5.92 Å². The number of anilines is 1. The van der Waals surface area contributed by atoms with Crippen LogP contribution in [0.25, 0.3) is 0 Å². The number of nitrogens with one attached hydrogen (secondary N) is 1. The fourth-order valence-corrected chi connectivity index (χ4v) is 2.54. The molecule has 0 bridgehead atoms. The van der Waals surface area contributed by atoms with Crippen molar-refractivity contribution in [3.05, 3.63) is 70.3 Å². The third-order valence-electron chi connectivity index (χ3n) is 3.68. The quantitative estimate of drug-likeness (QED) is 0.529. The summed E-state index contributed by atoms with van der Waals surface area (Å²) in [5.74, 6) is -1.85. The van der Waals surface area contributed by atoms with Gasteiger partial charge in [0.05, 0.1) is 10.6 Å². The third-order valence-corrected chi connectivity index (χ3v) is 3.68. The Hall–Kier alpha value is -3.22. The fraction of sp³-hybridized carbons (Fsp3) is 0.125. The summed E-state index contributed by atoms with van der Waals surface area (Å²) in [6.45, 7) is 0. The van der Waals surface area contributed by atoms with E-state index < -0.39 is 22.7 Å². The van der Waals surface area contributed by atoms with Gasteiger partial charge in [-0.15, -0.1) is 0 Å². The summed E-state index contributed by atoms with van der Waals surface area (Å²) in [5.41, 5.74) is 3.34. The zero-order valence-electron chi connectivity index (χ0n) is 12.0. The van der Waals surface area contributed by atoms with Crippen LogP contribution in [0.1, 0.15) is 5.56 Å². The minimum atomic E-state index is -0.976. The van der Waals surface area contributed by atoms with Crippen LogP contribution in [0.15, 0.2) is 54.6 Å². The van der Waals surface area contributed by atoms with Crippen molar-refractivity contribution in [2.45, 2.75) is 6.42 Å². The Balaban J connectivity index is 1.86. The molecule has 1 saturated heterocycles. The lowest BCUT2D eigenvalue weighted by Gasteiger charge is -2.15. The summed E-state index contributed by atoms with van der Waals surface area (Å²) < 4.78 is 0. The van der Waals surface area contributed by atoms with Crippen LogP contribution >= 0.6 is 0 Å². The van der Waals surface area contributed by atoms with Crippen LogP contribution in [0, 0.1) is 16.0 Å². The zero-order valence-corrected chi connectivity index (χ0v) is 12.0. The van der Waals surface area contributed by atoms with E-state index in [0.29, 0.717) is 11.3 Å². The summed E-state index contributed by atoms with van der Waals surface area (Å²) in [5, 5.41) is 12.2. The van der Waals surface area contributed by atoms with E-state index in [0.717, 1.165) is 0 Å². The van der Waals surface area contributed by atoms with Crippen molar-refractivity contribution in [2.75, 3.05) is 5.01 Å². The fourth-order valence-electron chi connectivity index (χ4n) is 2.54. The van der Waals surface area contributed by atoms with Crippen molar-refractivity contribution >= 4 is 23.2 Å². The molecule has 1 N–H and O–H groups in total. The summed E-state index contributed by atoms with van der Waals surface area (Å²) in [6, 6.07) is 14.8. The third kappa shape index (κ3) is 2.76. The molecule has 7 nitrogen and oxygen atoms in total. The predicted octanol–water partition coefficient (Wildman–Crippen LogP) is 1.83. The monoisotopic (exact) mass is 311 g/mol. The second-order valence-corrected chi connectivity index (χ2v) is 5.13. The maximum absolute atomic E-state index is 12.5. The highest BCUT2D eigenvalue weighted by Crippen LogP contribution is 2.26. The highest BCUT2D eigenvalue weighted by Gasteiger charge is 2.40. The summed E-state index contributed by atoms with van der Waals surface area (Å²) in [7, 11) is 0. The first-order chi connectivity index (χ1) is 11.1. The van der Waals surface area contributed by atoms with E-state index in [1.165, 1.54) is 11.1 Å². The van der Waals surface area contributed by atoms with E-state index in [4.69, 9.17) is 0 Å². The number of para-hydroxylation sites is 2. The van der Waals surface area contributed by atoms with Gasteiger partial charge >= 0.3 is 0 Å². The van der Waals surface area contributed by atoms with Crippen LogP contribution in [0.4, 0.5) is 11.4 Å². The summed E-state index contributed by atoms with van der Waals surface area (Å²) >= 11 is 0. The molecule has 0 aromatic heterocycles. The number of hydrazine groups is 1. The van der Waals surface area contributed by atoms with Crippen LogP contribution in [-0.2, 0) is 16.0 Å². The van der Waals surface area contributed by atoms with Gasteiger partial charge in [0, 0.05) is 11.6 Å². The molecular weight excluding hydrogens is 298 g/mol. The Bertz CT molecular complexity index is 776. The maximum Gasteiger partial charge on any atom is 0.272 e. The van der Waals surface area contributed by atoms with Crippen LogP contribution < -0.4 is 10.4 Å². The van der Waals surface area contributed by atoms with Gasteiger partial charge in [-0.2, -0.15) is 0 Å². The first-order valence-corrected chi connectivity index (χ1v) is 7.00. The van der Waals surface area contributed by atoms with Crippen molar-refractivity contribution in [3.8, 4) is 0 Å². The normalized spacial score (nSPS) is 17.2. The minimum absolute atomic E-state index is 0.00878. The Morgan fingerprint density at radius 1 is 1.04 bits per heavy atom. The van der Waals surface area contributed by atoms with Crippen LogP contribution in [0.2, 0.25) is 0 Å². The van der Waals surface area contributed by atoms with Gasteiger partial charge in [0.2, 0.25) is 0 Å². The largest absolute Gasteiger partial charge is 0.272 e. The number of hydrogen-bond acceptors (Lipinski definition) is 4. The number of carbonyl (C=O) groups is 2. The van der Waals surface area contributed by atoms with Crippen molar-refractivity contribution in [3.63, 3.8) is 0 Å². The lowest BCUT2D eigenvalue weighted by atomic mass is 9.97. The van der Waals surface area contributed by atoms with E-state index in [1.807, 2.05) is 0 Å². The van der Waals surface area contributed by atoms with Crippen LogP contribution in [0.5, 0.6) is 0 Å². The van der Waals surface area contributed by atoms with E-state index in [-0.39, 0.29) is 12.1 Å². The van der Waals surface area contributed by atoms with E-state index in [9.17, 15) is 19.7 Å². The van der Waals surface area contributed by atoms with Gasteiger partial charge in [0.25, 0.3) is 17.5 Å². The van der Waals surface area contributed by atoms with Crippen LogP contribution in [-0.4, -0.2) is 16.7 Å². The topological polar surface area (TPSA) is 92.6 Å². The number of nitro benzene ring substituents is 1. The Kier molecular flexibility index (Phi) is 3.76. The molecule has 1 unspecified atom stereocenters. The second-order valence-electron chi connectivity index (χ2n) is 5.13. The van der Waals surface area contributed by atoms with Crippen molar-refractivity contribution in [1.29, 1.82) is 0 Å². The highest BCUT2D eigenvalue weighted by atomic mass is 16.6. The zero-order chi connectivity index (χ0) is 16.4. The molecule has 0 aliphatic carbocycles. The second kappa shape index (κ2) is 5.88. The molecule has 2 amide bonds. The predicted molar refractivity (Wildman–Crippen MR) is 82.4 cm³/mol. The first-order valence-electron chi connectivity index (χ1n) is 7.00. The Morgan fingerprint density at radius 3 is 2.39 bits per heavy atom. The van der Waals surface area contributed by atoms with Gasteiger partial charge in [0.1, 0.15) is 5.92 Å². The molecule has 0 radical (unpaired) electrons. The van der Waals surface area contributed by atoms with Gasteiger partial charge in [-0.1, -0.05) is 36.4 Å². The smallest absolute Gasteiger partial charge is 0.272 e. The van der Waals surface area contributed by atoms with E-state index in [2.05, 4.69) is 5.43 Å². The molecule has 1 aliphatic heterocycles. The molecule has 0 spiro atoms. The molecule has 23 heavy (non-hydrogen) atoms. The number of nitrogens with zero attached hydrogens (tertiary/aromatic N) is 2. The molecular formula is C16H13N3O4. The molecule has 2 aromatic carbocycles. The first kappa shape index (κ1) is 14.7. The number of hydrogen-bond donors (Lipinski definition) is 1. The molecule has 1 aliphatic rings. The Labute approximate surface area is 131 Å². The van der Waals surface area contributed by atoms with Crippen molar-refractivity contribution in [1.82, 2.24) is 5.43 Å². The average molecular weight is 311 g/mol. The summed E-state index contributed by atoms with van der Waals surface area (Å²) in [4.78, 5) is 35.1. The van der Waals surface area contributed by atoms with E-state index in [1.54, 1.807) is 48.5 Å². The van der Waals surface area contributed by atoms with Gasteiger partial charge in [-0.05, 0) is 18.6 Å². The SMILES string of the molecule is O=C1NN(c2ccccc2)C(=O)C1Cc1ccccc1[N+](=O)[O-]. The number of carbonyl (C=O) groups excluding carboxylic acids is 2. The number of amides is 2. The van der Waals surface area contributed by atoms with Crippen molar-refractivity contribution < 1.29 is 14.5 Å². The molecule has 7 heteroatoms. The Morgan fingerprint density at radius 2 is 1.70 bits per heavy atom. The molecule has 1 atom stereocenters. The van der Waals surface area contributed by atoms with Gasteiger partial charge in [-0.3, -0.25) is 25.1 Å². The van der Waals surface area contributed by atoms with Gasteiger partial charge < -0.3 is 0 Å². The molecule has 3 rings (SSSR count). The number of rotatable bonds is 4. The number of nitro groups is 1.